The minimum atomic E-state index is 0.271. The molecule has 0 amide bonds. The molecule has 0 bridgehead atoms. The van der Waals surface area contributed by atoms with Crippen molar-refractivity contribution in [2.45, 2.75) is 12.6 Å². The molecular weight excluding hydrogens is 360 g/mol. The molecule has 4 rings (SSSR count). The zero-order valence-corrected chi connectivity index (χ0v) is 14.5. The zero-order chi connectivity index (χ0) is 15.8. The van der Waals surface area contributed by atoms with Crippen LogP contribution in [0.5, 0.6) is 11.5 Å². The first-order valence-corrected chi connectivity index (χ1v) is 8.51. The van der Waals surface area contributed by atoms with Gasteiger partial charge in [0, 0.05) is 45.6 Å². The number of imidazole rings is 1. The predicted octanol–water partition coefficient (Wildman–Crippen LogP) is 2.06. The van der Waals surface area contributed by atoms with Crippen LogP contribution in [0.25, 0.3) is 0 Å². The van der Waals surface area contributed by atoms with Crippen LogP contribution in [0.15, 0.2) is 29.0 Å². The maximum Gasteiger partial charge on any atom is 0.231 e. The summed E-state index contributed by atoms with van der Waals surface area (Å²) in [6.07, 6.45) is 3.86. The smallest absolute Gasteiger partial charge is 0.231 e. The number of hydrogen-bond acceptors (Lipinski definition) is 5. The topological polar surface area (TPSA) is 51.6 Å². The van der Waals surface area contributed by atoms with Crippen molar-refractivity contribution >= 4 is 15.9 Å². The van der Waals surface area contributed by atoms with E-state index in [1.807, 2.05) is 19.4 Å². The highest BCUT2D eigenvalue weighted by atomic mass is 79.9. The average molecular weight is 379 g/mol. The Hall–Kier alpha value is -1.57. The molecule has 0 saturated carbocycles. The Kier molecular flexibility index (Phi) is 4.00. The van der Waals surface area contributed by atoms with Gasteiger partial charge in [-0.1, -0.05) is 0 Å². The van der Waals surface area contributed by atoms with Gasteiger partial charge in [0.15, 0.2) is 11.5 Å². The van der Waals surface area contributed by atoms with Gasteiger partial charge in [0.25, 0.3) is 0 Å². The lowest BCUT2D eigenvalue weighted by Crippen LogP contribution is -2.46. The number of rotatable bonds is 3. The summed E-state index contributed by atoms with van der Waals surface area (Å²) in [5, 5.41) is 3.47. The highest BCUT2D eigenvalue weighted by Crippen LogP contribution is 2.40. The lowest BCUT2D eigenvalue weighted by atomic mass is 10.1. The average Bonchev–Trinajstić information content (AvgIpc) is 3.17. The SMILES string of the molecule is Cn1ccnc1C1CNCCN1Cc1cc(Br)c2c(c1)OCO2. The third-order valence-corrected chi connectivity index (χ3v) is 4.97. The number of piperazine rings is 1. The quantitative estimate of drug-likeness (QED) is 0.885. The second kappa shape index (κ2) is 6.14. The summed E-state index contributed by atoms with van der Waals surface area (Å²) in [5.41, 5.74) is 1.21. The second-order valence-corrected chi connectivity index (χ2v) is 6.75. The number of fused-ring (bicyclic) bond motifs is 1. The Bertz CT molecular complexity index is 718. The number of halogens is 1. The van der Waals surface area contributed by atoms with Crippen LogP contribution >= 0.6 is 15.9 Å². The summed E-state index contributed by atoms with van der Waals surface area (Å²) < 4.78 is 14.0. The molecule has 2 aromatic rings. The first-order valence-electron chi connectivity index (χ1n) is 7.72. The highest BCUT2D eigenvalue weighted by Gasteiger charge is 2.27. The molecule has 0 radical (unpaired) electrons. The van der Waals surface area contributed by atoms with E-state index >= 15 is 0 Å². The van der Waals surface area contributed by atoms with Gasteiger partial charge in [-0.2, -0.15) is 0 Å². The van der Waals surface area contributed by atoms with Crippen LogP contribution < -0.4 is 14.8 Å². The molecule has 6 nitrogen and oxygen atoms in total. The molecule has 0 spiro atoms. The van der Waals surface area contributed by atoms with Crippen molar-refractivity contribution in [2.75, 3.05) is 26.4 Å². The minimum Gasteiger partial charge on any atom is -0.454 e. The molecule has 122 valence electrons. The minimum absolute atomic E-state index is 0.271. The van der Waals surface area contributed by atoms with E-state index in [9.17, 15) is 0 Å². The lowest BCUT2D eigenvalue weighted by molar-refractivity contribution is 0.144. The van der Waals surface area contributed by atoms with Crippen molar-refractivity contribution in [3.8, 4) is 11.5 Å². The van der Waals surface area contributed by atoms with Crippen molar-refractivity contribution in [1.29, 1.82) is 0 Å². The van der Waals surface area contributed by atoms with Gasteiger partial charge in [-0.3, -0.25) is 4.90 Å². The normalized spacial score (nSPS) is 20.9. The summed E-state index contributed by atoms with van der Waals surface area (Å²) in [5.74, 6) is 2.71. The van der Waals surface area contributed by atoms with Crippen LogP contribution in [0.4, 0.5) is 0 Å². The molecule has 1 N–H and O–H groups in total. The van der Waals surface area contributed by atoms with Gasteiger partial charge in [-0.25, -0.2) is 4.98 Å². The third kappa shape index (κ3) is 2.84. The molecular formula is C16H19BrN4O2. The van der Waals surface area contributed by atoms with Crippen LogP contribution in [0.1, 0.15) is 17.4 Å². The molecule has 1 atom stereocenters. The number of aryl methyl sites for hydroxylation is 1. The molecule has 0 aliphatic carbocycles. The fourth-order valence-corrected chi connectivity index (χ4v) is 3.84. The van der Waals surface area contributed by atoms with Crippen molar-refractivity contribution < 1.29 is 9.47 Å². The Balaban J connectivity index is 1.59. The van der Waals surface area contributed by atoms with E-state index < -0.39 is 0 Å². The van der Waals surface area contributed by atoms with Crippen molar-refractivity contribution in [1.82, 2.24) is 19.8 Å². The molecule has 7 heteroatoms. The molecule has 1 aromatic heterocycles. The first kappa shape index (κ1) is 15.0. The van der Waals surface area contributed by atoms with Gasteiger partial charge in [-0.15, -0.1) is 0 Å². The monoisotopic (exact) mass is 378 g/mol. The number of aromatic nitrogens is 2. The van der Waals surface area contributed by atoms with E-state index in [1.165, 1.54) is 5.56 Å². The van der Waals surface area contributed by atoms with Crippen LogP contribution in [0, 0.1) is 0 Å². The fourth-order valence-electron chi connectivity index (χ4n) is 3.24. The number of hydrogen-bond donors (Lipinski definition) is 1. The van der Waals surface area contributed by atoms with Gasteiger partial charge in [0.05, 0.1) is 10.5 Å². The van der Waals surface area contributed by atoms with Crippen LogP contribution in [-0.4, -0.2) is 40.9 Å². The van der Waals surface area contributed by atoms with Crippen molar-refractivity contribution in [2.24, 2.45) is 7.05 Å². The number of nitrogens with zero attached hydrogens (tertiary/aromatic N) is 3. The number of benzene rings is 1. The largest absolute Gasteiger partial charge is 0.454 e. The van der Waals surface area contributed by atoms with Gasteiger partial charge in [0.2, 0.25) is 6.79 Å². The van der Waals surface area contributed by atoms with Crippen LogP contribution in [0.2, 0.25) is 0 Å². The summed E-state index contributed by atoms with van der Waals surface area (Å²) in [4.78, 5) is 7.00. The third-order valence-electron chi connectivity index (χ3n) is 4.38. The molecule has 2 aliphatic heterocycles. The van der Waals surface area contributed by atoms with Gasteiger partial charge < -0.3 is 19.4 Å². The van der Waals surface area contributed by atoms with E-state index in [0.717, 1.165) is 48.0 Å². The summed E-state index contributed by atoms with van der Waals surface area (Å²) in [6, 6.07) is 4.46. The first-order chi connectivity index (χ1) is 11.2. The molecule has 1 fully saturated rings. The Morgan fingerprint density at radius 3 is 3.13 bits per heavy atom. The fraction of sp³-hybridized carbons (Fsp3) is 0.438. The summed E-state index contributed by atoms with van der Waals surface area (Å²) in [7, 11) is 2.05. The van der Waals surface area contributed by atoms with Gasteiger partial charge in [-0.05, 0) is 33.6 Å². The van der Waals surface area contributed by atoms with E-state index in [2.05, 4.69) is 47.8 Å². The maximum absolute atomic E-state index is 5.53. The lowest BCUT2D eigenvalue weighted by Gasteiger charge is -2.35. The Morgan fingerprint density at radius 2 is 2.30 bits per heavy atom. The molecule has 1 unspecified atom stereocenters. The molecule has 1 aromatic carbocycles. The second-order valence-electron chi connectivity index (χ2n) is 5.90. The Morgan fingerprint density at radius 1 is 1.39 bits per heavy atom. The molecule has 2 aliphatic rings. The molecule has 23 heavy (non-hydrogen) atoms. The van der Waals surface area contributed by atoms with Crippen molar-refractivity contribution in [3.05, 3.63) is 40.4 Å². The van der Waals surface area contributed by atoms with E-state index in [4.69, 9.17) is 9.47 Å². The number of nitrogens with one attached hydrogen (secondary N) is 1. The Labute approximate surface area is 143 Å². The van der Waals surface area contributed by atoms with Gasteiger partial charge >= 0.3 is 0 Å². The van der Waals surface area contributed by atoms with E-state index in [1.54, 1.807) is 0 Å². The predicted molar refractivity (Wildman–Crippen MR) is 89.5 cm³/mol. The van der Waals surface area contributed by atoms with Crippen molar-refractivity contribution in [3.63, 3.8) is 0 Å². The van der Waals surface area contributed by atoms with Gasteiger partial charge in [0.1, 0.15) is 5.82 Å². The van der Waals surface area contributed by atoms with E-state index in [0.29, 0.717) is 6.79 Å². The van der Waals surface area contributed by atoms with Crippen LogP contribution in [0.3, 0.4) is 0 Å². The maximum atomic E-state index is 5.53. The summed E-state index contributed by atoms with van der Waals surface area (Å²) in [6.45, 7) is 4.04. The molecule has 1 saturated heterocycles. The summed E-state index contributed by atoms with van der Waals surface area (Å²) >= 11 is 3.58. The highest BCUT2D eigenvalue weighted by molar-refractivity contribution is 9.10. The van der Waals surface area contributed by atoms with Crippen LogP contribution in [-0.2, 0) is 13.6 Å². The zero-order valence-electron chi connectivity index (χ0n) is 13.0. The molecule has 3 heterocycles. The number of ether oxygens (including phenoxy) is 2. The standard InChI is InChI=1S/C16H19BrN4O2/c1-20-4-3-19-16(20)13-8-18-2-5-21(13)9-11-6-12(17)15-14(7-11)22-10-23-15/h3-4,6-7,13,18H,2,5,8-10H2,1H3. The van der Waals surface area contributed by atoms with E-state index in [-0.39, 0.29) is 6.04 Å².